The Labute approximate surface area is 194 Å². The summed E-state index contributed by atoms with van der Waals surface area (Å²) in [6.07, 6.45) is 1.71. The molecular formula is C25H20FN5OS. The summed E-state index contributed by atoms with van der Waals surface area (Å²) in [4.78, 5) is 16.9. The number of hydrogen-bond acceptors (Lipinski definition) is 4. The number of fused-ring (bicyclic) bond motifs is 1. The molecule has 2 aliphatic heterocycles. The van der Waals surface area contributed by atoms with Crippen molar-refractivity contribution in [2.75, 3.05) is 0 Å². The summed E-state index contributed by atoms with van der Waals surface area (Å²) in [5.74, 6) is -0.833. The molecule has 1 N–H and O–H groups in total. The van der Waals surface area contributed by atoms with Gasteiger partial charge in [0.1, 0.15) is 10.9 Å². The smallest absolute Gasteiger partial charge is 0.283 e. The Morgan fingerprint density at radius 2 is 1.82 bits per heavy atom. The van der Waals surface area contributed by atoms with Crippen molar-refractivity contribution in [3.05, 3.63) is 100 Å². The van der Waals surface area contributed by atoms with Crippen molar-refractivity contribution in [2.45, 2.75) is 20.4 Å². The number of hydrogen-bond donors (Lipinski definition) is 1. The second kappa shape index (κ2) is 8.29. The van der Waals surface area contributed by atoms with E-state index in [1.807, 2.05) is 38.1 Å². The molecule has 0 radical (unpaired) electrons. The highest BCUT2D eigenvalue weighted by molar-refractivity contribution is 8.27. The van der Waals surface area contributed by atoms with E-state index >= 15 is 0 Å². The first-order valence-corrected chi connectivity index (χ1v) is 11.2. The van der Waals surface area contributed by atoms with E-state index in [0.29, 0.717) is 15.8 Å². The first kappa shape index (κ1) is 21.1. The number of hydrazone groups is 1. The molecule has 1 aromatic heterocycles. The zero-order valence-electron chi connectivity index (χ0n) is 18.0. The van der Waals surface area contributed by atoms with Gasteiger partial charge >= 0.3 is 0 Å². The highest BCUT2D eigenvalue weighted by atomic mass is 32.2. The Morgan fingerprint density at radius 1 is 1.09 bits per heavy atom. The lowest BCUT2D eigenvalue weighted by atomic mass is 10.1. The number of benzene rings is 2. The third-order valence-corrected chi connectivity index (χ3v) is 6.60. The van der Waals surface area contributed by atoms with Crippen LogP contribution in [0.3, 0.4) is 0 Å². The SMILES string of the molecule is Cc1cc(/C=C2\C(=N)N3N=C(c4ccc(F)cc4)SC3=NC2=O)c(C)n1Cc1ccccc1. The zero-order chi connectivity index (χ0) is 23.1. The van der Waals surface area contributed by atoms with Crippen molar-refractivity contribution in [1.82, 2.24) is 9.58 Å². The molecule has 0 saturated carbocycles. The van der Waals surface area contributed by atoms with E-state index in [4.69, 9.17) is 5.41 Å². The van der Waals surface area contributed by atoms with Crippen LogP contribution in [0.5, 0.6) is 0 Å². The topological polar surface area (TPSA) is 73.8 Å². The number of nitrogens with one attached hydrogen (secondary N) is 1. The first-order valence-electron chi connectivity index (χ1n) is 10.4. The predicted molar refractivity (Wildman–Crippen MR) is 130 cm³/mol. The number of nitrogens with zero attached hydrogens (tertiary/aromatic N) is 4. The van der Waals surface area contributed by atoms with E-state index in [-0.39, 0.29) is 17.2 Å². The van der Waals surface area contributed by atoms with Gasteiger partial charge in [-0.1, -0.05) is 30.3 Å². The lowest BCUT2D eigenvalue weighted by Crippen LogP contribution is -2.35. The molecule has 3 heterocycles. The van der Waals surface area contributed by atoms with E-state index in [9.17, 15) is 9.18 Å². The monoisotopic (exact) mass is 457 g/mol. The second-order valence-electron chi connectivity index (χ2n) is 7.83. The van der Waals surface area contributed by atoms with Crippen LogP contribution in [0.4, 0.5) is 4.39 Å². The van der Waals surface area contributed by atoms with Crippen LogP contribution in [0.25, 0.3) is 6.08 Å². The maximum Gasteiger partial charge on any atom is 0.283 e. The molecule has 0 spiro atoms. The molecule has 1 amide bonds. The van der Waals surface area contributed by atoms with Crippen molar-refractivity contribution >= 4 is 39.8 Å². The number of rotatable bonds is 4. The van der Waals surface area contributed by atoms with Crippen LogP contribution in [-0.4, -0.2) is 31.5 Å². The number of aliphatic imine (C=N–C) groups is 1. The van der Waals surface area contributed by atoms with Crippen LogP contribution in [0.2, 0.25) is 0 Å². The van der Waals surface area contributed by atoms with Gasteiger partial charge in [0, 0.05) is 23.5 Å². The minimum atomic E-state index is -0.470. The summed E-state index contributed by atoms with van der Waals surface area (Å²) in [7, 11) is 0. The lowest BCUT2D eigenvalue weighted by Gasteiger charge is -2.20. The summed E-state index contributed by atoms with van der Waals surface area (Å²) in [6, 6.07) is 18.1. The molecule has 164 valence electrons. The van der Waals surface area contributed by atoms with Gasteiger partial charge in [0.25, 0.3) is 5.91 Å². The van der Waals surface area contributed by atoms with Crippen LogP contribution in [0.1, 0.15) is 28.1 Å². The zero-order valence-corrected chi connectivity index (χ0v) is 18.9. The molecule has 0 unspecified atom stereocenters. The summed E-state index contributed by atoms with van der Waals surface area (Å²) < 4.78 is 15.4. The minimum Gasteiger partial charge on any atom is -0.344 e. The van der Waals surface area contributed by atoms with Gasteiger partial charge in [-0.25, -0.2) is 4.39 Å². The third kappa shape index (κ3) is 3.93. The summed E-state index contributed by atoms with van der Waals surface area (Å²) in [6.45, 7) is 4.76. The molecule has 0 fully saturated rings. The van der Waals surface area contributed by atoms with Crippen LogP contribution in [0, 0.1) is 25.1 Å². The predicted octanol–water partition coefficient (Wildman–Crippen LogP) is 4.96. The fourth-order valence-electron chi connectivity index (χ4n) is 3.84. The van der Waals surface area contributed by atoms with E-state index < -0.39 is 5.91 Å². The molecule has 0 bridgehead atoms. The number of halogens is 1. The number of amidine groups is 2. The fourth-order valence-corrected chi connectivity index (χ4v) is 4.74. The average Bonchev–Trinajstić information content (AvgIpc) is 3.34. The van der Waals surface area contributed by atoms with Gasteiger partial charge < -0.3 is 4.57 Å². The summed E-state index contributed by atoms with van der Waals surface area (Å²) in [5, 5.41) is 15.3. The number of carbonyl (C=O) groups excluding carboxylic acids is 1. The van der Waals surface area contributed by atoms with Crippen molar-refractivity contribution in [3.8, 4) is 0 Å². The van der Waals surface area contributed by atoms with Crippen LogP contribution < -0.4 is 0 Å². The number of carbonyl (C=O) groups is 1. The van der Waals surface area contributed by atoms with Crippen molar-refractivity contribution in [3.63, 3.8) is 0 Å². The molecule has 0 atom stereocenters. The molecule has 8 heteroatoms. The van der Waals surface area contributed by atoms with Gasteiger partial charge in [0.05, 0.1) is 5.57 Å². The number of amides is 1. The largest absolute Gasteiger partial charge is 0.344 e. The molecule has 0 aliphatic carbocycles. The number of aromatic nitrogens is 1. The average molecular weight is 458 g/mol. The van der Waals surface area contributed by atoms with Gasteiger partial charge in [0.15, 0.2) is 5.84 Å². The fraction of sp³-hybridized carbons (Fsp3) is 0.120. The normalized spacial score (nSPS) is 16.8. The van der Waals surface area contributed by atoms with E-state index in [1.165, 1.54) is 34.5 Å². The molecule has 5 rings (SSSR count). The lowest BCUT2D eigenvalue weighted by molar-refractivity contribution is -0.114. The number of aryl methyl sites for hydroxylation is 1. The van der Waals surface area contributed by atoms with E-state index in [1.54, 1.807) is 18.2 Å². The Kier molecular flexibility index (Phi) is 5.30. The quantitative estimate of drug-likeness (QED) is 0.563. The Morgan fingerprint density at radius 3 is 2.55 bits per heavy atom. The van der Waals surface area contributed by atoms with Crippen molar-refractivity contribution in [1.29, 1.82) is 5.41 Å². The van der Waals surface area contributed by atoms with Crippen LogP contribution >= 0.6 is 11.8 Å². The maximum absolute atomic E-state index is 13.3. The Balaban J connectivity index is 1.46. The van der Waals surface area contributed by atoms with Gasteiger partial charge in [-0.3, -0.25) is 10.2 Å². The van der Waals surface area contributed by atoms with Gasteiger partial charge in [-0.15, -0.1) is 0 Å². The highest BCUT2D eigenvalue weighted by Crippen LogP contribution is 2.31. The van der Waals surface area contributed by atoms with Crippen LogP contribution in [-0.2, 0) is 11.3 Å². The molecule has 3 aromatic rings. The van der Waals surface area contributed by atoms with E-state index in [0.717, 1.165) is 23.5 Å². The van der Waals surface area contributed by atoms with Crippen molar-refractivity contribution in [2.24, 2.45) is 10.1 Å². The van der Waals surface area contributed by atoms with Gasteiger partial charge in [-0.05, 0) is 73.1 Å². The molecule has 33 heavy (non-hydrogen) atoms. The maximum atomic E-state index is 13.3. The first-order chi connectivity index (χ1) is 15.9. The minimum absolute atomic E-state index is 0.0255. The molecule has 2 aliphatic rings. The standard InChI is InChI=1S/C25H20FN5OS/c1-15-12-19(16(2)30(15)14-17-6-4-3-5-7-17)13-21-22(27)31-25(28-23(21)32)33-24(29-31)18-8-10-20(26)11-9-18/h3-13,27H,14H2,1-2H3/b21-13+,27-22?. The molecule has 2 aromatic carbocycles. The molecule has 0 saturated heterocycles. The third-order valence-electron chi connectivity index (χ3n) is 5.64. The summed E-state index contributed by atoms with van der Waals surface area (Å²) in [5.41, 5.74) is 5.01. The van der Waals surface area contributed by atoms with Crippen molar-refractivity contribution < 1.29 is 9.18 Å². The summed E-state index contributed by atoms with van der Waals surface area (Å²) >= 11 is 1.19. The van der Waals surface area contributed by atoms with E-state index in [2.05, 4.69) is 26.8 Å². The Hall–Kier alpha value is -3.78. The molecule has 6 nitrogen and oxygen atoms in total. The van der Waals surface area contributed by atoms with Gasteiger partial charge in [-0.2, -0.15) is 15.1 Å². The number of thioether (sulfide) groups is 1. The second-order valence-corrected chi connectivity index (χ2v) is 8.79. The molecular weight excluding hydrogens is 437 g/mol. The Bertz CT molecular complexity index is 1370. The highest BCUT2D eigenvalue weighted by Gasteiger charge is 2.36. The van der Waals surface area contributed by atoms with Gasteiger partial charge in [0.2, 0.25) is 5.17 Å². The van der Waals surface area contributed by atoms with Crippen LogP contribution in [0.15, 0.2) is 76.3 Å².